The minimum Gasteiger partial charge on any atom is -0.394 e. The Morgan fingerprint density at radius 2 is 2.07 bits per heavy atom. The topological polar surface area (TPSA) is 75.4 Å². The molecule has 4 nitrogen and oxygen atoms in total. The molecule has 14 heavy (non-hydrogen) atoms. The van der Waals surface area contributed by atoms with Gasteiger partial charge in [0.2, 0.25) is 5.91 Å². The number of carbonyl (C=O) groups excluding carboxylic acids is 1. The zero-order valence-electron chi connectivity index (χ0n) is 9.29. The molecule has 1 unspecified atom stereocenters. The highest BCUT2D eigenvalue weighted by Crippen LogP contribution is 2.04. The third-order valence-corrected chi connectivity index (χ3v) is 2.48. The van der Waals surface area contributed by atoms with Crippen LogP contribution in [-0.4, -0.2) is 30.2 Å². The molecular formula is C10H22N2O2. The Hall–Kier alpha value is -0.610. The van der Waals surface area contributed by atoms with Gasteiger partial charge >= 0.3 is 0 Å². The minimum atomic E-state index is -0.164. The first-order valence-electron chi connectivity index (χ1n) is 5.18. The van der Waals surface area contributed by atoms with Crippen LogP contribution in [0.3, 0.4) is 0 Å². The molecule has 0 aromatic rings. The largest absolute Gasteiger partial charge is 0.394 e. The second kappa shape index (κ2) is 6.79. The number of hydrogen-bond acceptors (Lipinski definition) is 3. The van der Waals surface area contributed by atoms with Crippen molar-refractivity contribution in [2.75, 3.05) is 13.2 Å². The van der Waals surface area contributed by atoms with E-state index in [1.165, 1.54) is 0 Å². The second-order valence-corrected chi connectivity index (χ2v) is 3.88. The predicted molar refractivity (Wildman–Crippen MR) is 56.7 cm³/mol. The lowest BCUT2D eigenvalue weighted by Crippen LogP contribution is -2.45. The second-order valence-electron chi connectivity index (χ2n) is 3.88. The maximum Gasteiger partial charge on any atom is 0.224 e. The van der Waals surface area contributed by atoms with Gasteiger partial charge in [-0.1, -0.05) is 20.8 Å². The first-order valence-corrected chi connectivity index (χ1v) is 5.18. The van der Waals surface area contributed by atoms with Crippen LogP contribution in [0.4, 0.5) is 0 Å². The van der Waals surface area contributed by atoms with Gasteiger partial charge in [0.05, 0.1) is 12.6 Å². The smallest absolute Gasteiger partial charge is 0.224 e. The van der Waals surface area contributed by atoms with Crippen molar-refractivity contribution >= 4 is 5.91 Å². The molecule has 2 atom stereocenters. The molecule has 0 rings (SSSR count). The Balaban J connectivity index is 4.13. The summed E-state index contributed by atoms with van der Waals surface area (Å²) in [7, 11) is 0. The zero-order valence-corrected chi connectivity index (χ0v) is 9.29. The summed E-state index contributed by atoms with van der Waals surface area (Å²) < 4.78 is 0. The highest BCUT2D eigenvalue weighted by molar-refractivity contribution is 5.79. The molecule has 0 aliphatic rings. The lowest BCUT2D eigenvalue weighted by molar-refractivity contribution is -0.126. The standard InChI is InChI=1S/C10H22N2O2/c1-4-8(5-11)10(14)12-9(6-13)7(2)3/h7-9,13H,4-6,11H2,1-3H3,(H,12,14)/t8?,9-/m1/s1. The first kappa shape index (κ1) is 13.4. The molecule has 0 spiro atoms. The third kappa shape index (κ3) is 4.07. The summed E-state index contributed by atoms with van der Waals surface area (Å²) in [5, 5.41) is 11.8. The number of aliphatic hydroxyl groups is 1. The molecule has 0 aromatic carbocycles. The predicted octanol–water partition coefficient (Wildman–Crippen LogP) is 0.104. The average Bonchev–Trinajstić information content (AvgIpc) is 2.15. The number of hydrogen-bond donors (Lipinski definition) is 3. The van der Waals surface area contributed by atoms with E-state index in [-0.39, 0.29) is 30.4 Å². The van der Waals surface area contributed by atoms with Crippen LogP contribution >= 0.6 is 0 Å². The average molecular weight is 202 g/mol. The Morgan fingerprint density at radius 3 is 2.36 bits per heavy atom. The highest BCUT2D eigenvalue weighted by Gasteiger charge is 2.19. The van der Waals surface area contributed by atoms with Crippen molar-refractivity contribution in [1.29, 1.82) is 0 Å². The van der Waals surface area contributed by atoms with E-state index < -0.39 is 0 Å². The Morgan fingerprint density at radius 1 is 1.50 bits per heavy atom. The molecule has 0 aliphatic carbocycles. The molecule has 0 heterocycles. The van der Waals surface area contributed by atoms with Crippen molar-refractivity contribution in [2.45, 2.75) is 33.2 Å². The van der Waals surface area contributed by atoms with Crippen LogP contribution in [0.25, 0.3) is 0 Å². The fourth-order valence-electron chi connectivity index (χ4n) is 1.18. The SMILES string of the molecule is CCC(CN)C(=O)N[C@H](CO)C(C)C. The lowest BCUT2D eigenvalue weighted by Gasteiger charge is -2.22. The summed E-state index contributed by atoms with van der Waals surface area (Å²) in [6.07, 6.45) is 0.735. The van der Waals surface area contributed by atoms with Crippen molar-refractivity contribution < 1.29 is 9.90 Å². The maximum absolute atomic E-state index is 11.6. The Labute approximate surface area is 85.9 Å². The van der Waals surface area contributed by atoms with Gasteiger partial charge in [-0.15, -0.1) is 0 Å². The van der Waals surface area contributed by atoms with E-state index in [9.17, 15) is 4.79 Å². The summed E-state index contributed by atoms with van der Waals surface area (Å²) in [5.74, 6) is 0.0461. The van der Waals surface area contributed by atoms with Gasteiger partial charge in [-0.3, -0.25) is 4.79 Å². The van der Waals surface area contributed by atoms with Crippen molar-refractivity contribution in [3.8, 4) is 0 Å². The summed E-state index contributed by atoms with van der Waals surface area (Å²) in [5.41, 5.74) is 5.45. The van der Waals surface area contributed by atoms with Gasteiger partial charge in [-0.25, -0.2) is 0 Å². The lowest BCUT2D eigenvalue weighted by atomic mass is 10.0. The summed E-state index contributed by atoms with van der Waals surface area (Å²) >= 11 is 0. The van der Waals surface area contributed by atoms with Crippen LogP contribution < -0.4 is 11.1 Å². The molecule has 0 aromatic heterocycles. The van der Waals surface area contributed by atoms with Gasteiger partial charge in [0, 0.05) is 12.5 Å². The molecule has 0 bridgehead atoms. The molecule has 4 N–H and O–H groups in total. The molecule has 0 radical (unpaired) electrons. The number of rotatable bonds is 6. The molecule has 0 fully saturated rings. The van der Waals surface area contributed by atoms with E-state index in [1.54, 1.807) is 0 Å². The van der Waals surface area contributed by atoms with Crippen molar-refractivity contribution in [3.05, 3.63) is 0 Å². The summed E-state index contributed by atoms with van der Waals surface area (Å²) in [6, 6.07) is -0.164. The van der Waals surface area contributed by atoms with E-state index in [1.807, 2.05) is 20.8 Å². The monoisotopic (exact) mass is 202 g/mol. The third-order valence-electron chi connectivity index (χ3n) is 2.48. The first-order chi connectivity index (χ1) is 6.56. The normalized spacial score (nSPS) is 15.3. The maximum atomic E-state index is 11.6. The quantitative estimate of drug-likeness (QED) is 0.572. The van der Waals surface area contributed by atoms with Crippen LogP contribution in [-0.2, 0) is 4.79 Å². The fraction of sp³-hybridized carbons (Fsp3) is 0.900. The molecule has 4 heteroatoms. The van der Waals surface area contributed by atoms with Crippen molar-refractivity contribution in [2.24, 2.45) is 17.6 Å². The van der Waals surface area contributed by atoms with E-state index in [0.717, 1.165) is 6.42 Å². The van der Waals surface area contributed by atoms with Crippen LogP contribution in [0.15, 0.2) is 0 Å². The molecule has 0 saturated carbocycles. The Bertz CT molecular complexity index is 168. The van der Waals surface area contributed by atoms with Crippen molar-refractivity contribution in [1.82, 2.24) is 5.32 Å². The fourth-order valence-corrected chi connectivity index (χ4v) is 1.18. The Kier molecular flexibility index (Phi) is 6.49. The number of nitrogens with one attached hydrogen (secondary N) is 1. The van der Waals surface area contributed by atoms with E-state index in [2.05, 4.69) is 5.32 Å². The number of carbonyl (C=O) groups is 1. The van der Waals surface area contributed by atoms with Gasteiger partial charge in [0.25, 0.3) is 0 Å². The van der Waals surface area contributed by atoms with Crippen LogP contribution in [0, 0.1) is 11.8 Å². The van der Waals surface area contributed by atoms with Crippen LogP contribution in [0.1, 0.15) is 27.2 Å². The van der Waals surface area contributed by atoms with Gasteiger partial charge in [-0.2, -0.15) is 0 Å². The van der Waals surface area contributed by atoms with Crippen molar-refractivity contribution in [3.63, 3.8) is 0 Å². The van der Waals surface area contributed by atoms with E-state index >= 15 is 0 Å². The number of aliphatic hydroxyl groups excluding tert-OH is 1. The van der Waals surface area contributed by atoms with Gasteiger partial charge in [-0.05, 0) is 12.3 Å². The zero-order chi connectivity index (χ0) is 11.1. The highest BCUT2D eigenvalue weighted by atomic mass is 16.3. The molecular weight excluding hydrogens is 180 g/mol. The van der Waals surface area contributed by atoms with Gasteiger partial charge in [0.15, 0.2) is 0 Å². The summed E-state index contributed by atoms with van der Waals surface area (Å²) in [4.78, 5) is 11.6. The van der Waals surface area contributed by atoms with Crippen LogP contribution in [0.5, 0.6) is 0 Å². The van der Waals surface area contributed by atoms with Gasteiger partial charge < -0.3 is 16.2 Å². The van der Waals surface area contributed by atoms with E-state index in [0.29, 0.717) is 6.54 Å². The summed E-state index contributed by atoms with van der Waals surface area (Å²) in [6.45, 7) is 6.19. The van der Waals surface area contributed by atoms with Crippen LogP contribution in [0.2, 0.25) is 0 Å². The molecule has 0 saturated heterocycles. The van der Waals surface area contributed by atoms with Gasteiger partial charge in [0.1, 0.15) is 0 Å². The van der Waals surface area contributed by atoms with E-state index in [4.69, 9.17) is 10.8 Å². The number of amides is 1. The number of nitrogens with two attached hydrogens (primary N) is 1. The molecule has 0 aliphatic heterocycles. The molecule has 1 amide bonds. The minimum absolute atomic E-state index is 0.0234. The molecule has 84 valence electrons.